The van der Waals surface area contributed by atoms with Crippen molar-refractivity contribution in [3.8, 4) is 0 Å². The molecule has 1 atom stereocenters. The largest absolute Gasteiger partial charge is 0.316 e. The molecule has 0 radical (unpaired) electrons. The highest BCUT2D eigenvalue weighted by molar-refractivity contribution is 5.29. The van der Waals surface area contributed by atoms with Gasteiger partial charge in [0, 0.05) is 12.0 Å². The Balaban J connectivity index is 2.41. The Hall–Kier alpha value is -0.890. The average Bonchev–Trinajstić information content (AvgIpc) is 2.67. The van der Waals surface area contributed by atoms with Gasteiger partial charge < -0.3 is 5.32 Å². The molecule has 1 aromatic rings. The molecule has 15 heavy (non-hydrogen) atoms. The van der Waals surface area contributed by atoms with E-state index in [4.69, 9.17) is 0 Å². The van der Waals surface area contributed by atoms with E-state index in [-0.39, 0.29) is 11.2 Å². The number of benzene rings is 1. The normalized spacial score (nSPS) is 26.1. The topological polar surface area (TPSA) is 12.0 Å². The van der Waals surface area contributed by atoms with Crippen LogP contribution in [-0.4, -0.2) is 13.1 Å². The minimum absolute atomic E-state index is 0.126. The molecule has 0 saturated carbocycles. The van der Waals surface area contributed by atoms with Crippen molar-refractivity contribution < 1.29 is 4.39 Å². The van der Waals surface area contributed by atoms with Crippen molar-refractivity contribution in [2.75, 3.05) is 13.1 Å². The minimum atomic E-state index is -0.126. The molecule has 0 bridgehead atoms. The summed E-state index contributed by atoms with van der Waals surface area (Å²) in [6, 6.07) is 7.07. The van der Waals surface area contributed by atoms with Crippen molar-refractivity contribution in [3.05, 3.63) is 35.6 Å². The lowest BCUT2D eigenvalue weighted by Crippen LogP contribution is -2.34. The molecule has 1 aliphatic heterocycles. The summed E-state index contributed by atoms with van der Waals surface area (Å²) in [5, 5.41) is 3.39. The second-order valence-electron chi connectivity index (χ2n) is 4.75. The third kappa shape index (κ3) is 1.78. The highest BCUT2D eigenvalue weighted by atomic mass is 19.1. The van der Waals surface area contributed by atoms with Crippen LogP contribution in [0.2, 0.25) is 0 Å². The van der Waals surface area contributed by atoms with Crippen LogP contribution in [0.5, 0.6) is 0 Å². The molecule has 2 heteroatoms. The van der Waals surface area contributed by atoms with Gasteiger partial charge in [0.2, 0.25) is 0 Å². The lowest BCUT2D eigenvalue weighted by atomic mass is 9.71. The summed E-state index contributed by atoms with van der Waals surface area (Å²) in [4.78, 5) is 0. The van der Waals surface area contributed by atoms with E-state index >= 15 is 0 Å². The molecule has 1 heterocycles. The zero-order valence-corrected chi connectivity index (χ0v) is 9.39. The molecule has 82 valence electrons. The van der Waals surface area contributed by atoms with Crippen molar-refractivity contribution in [2.24, 2.45) is 5.92 Å². The molecular formula is C13H18FN. The molecule has 1 fully saturated rings. The summed E-state index contributed by atoms with van der Waals surface area (Å²) >= 11 is 0. The molecule has 1 nitrogen and oxygen atoms in total. The lowest BCUT2D eigenvalue weighted by molar-refractivity contribution is 0.335. The number of hydrogen-bond donors (Lipinski definition) is 1. The Morgan fingerprint density at radius 3 is 2.73 bits per heavy atom. The summed E-state index contributed by atoms with van der Waals surface area (Å²) in [7, 11) is 0. The molecule has 1 saturated heterocycles. The maximum atomic E-state index is 13.2. The molecule has 1 unspecified atom stereocenters. The Morgan fingerprint density at radius 1 is 1.40 bits per heavy atom. The monoisotopic (exact) mass is 207 g/mol. The quantitative estimate of drug-likeness (QED) is 0.786. The van der Waals surface area contributed by atoms with Gasteiger partial charge in [0.1, 0.15) is 5.82 Å². The molecule has 0 aliphatic carbocycles. The predicted molar refractivity (Wildman–Crippen MR) is 60.4 cm³/mol. The fraction of sp³-hybridized carbons (Fsp3) is 0.538. The van der Waals surface area contributed by atoms with Crippen LogP contribution in [0.4, 0.5) is 4.39 Å². The van der Waals surface area contributed by atoms with Gasteiger partial charge in [-0.05, 0) is 36.6 Å². The van der Waals surface area contributed by atoms with Crippen LogP contribution in [-0.2, 0) is 5.41 Å². The van der Waals surface area contributed by atoms with Crippen molar-refractivity contribution >= 4 is 0 Å². The maximum absolute atomic E-state index is 13.2. The van der Waals surface area contributed by atoms with Gasteiger partial charge >= 0.3 is 0 Å². The first-order valence-corrected chi connectivity index (χ1v) is 5.62. The highest BCUT2D eigenvalue weighted by Crippen LogP contribution is 2.37. The second-order valence-corrected chi connectivity index (χ2v) is 4.75. The molecule has 0 aromatic heterocycles. The van der Waals surface area contributed by atoms with Gasteiger partial charge in [0.25, 0.3) is 0 Å². The number of hydrogen-bond acceptors (Lipinski definition) is 1. The van der Waals surface area contributed by atoms with Crippen LogP contribution in [0.25, 0.3) is 0 Å². The van der Waals surface area contributed by atoms with Crippen molar-refractivity contribution in [1.29, 1.82) is 0 Å². The van der Waals surface area contributed by atoms with E-state index in [0.29, 0.717) is 5.92 Å². The van der Waals surface area contributed by atoms with Crippen molar-refractivity contribution in [1.82, 2.24) is 5.32 Å². The first-order valence-electron chi connectivity index (χ1n) is 5.62. The summed E-state index contributed by atoms with van der Waals surface area (Å²) in [5.74, 6) is 0.411. The average molecular weight is 207 g/mol. The fourth-order valence-electron chi connectivity index (χ4n) is 2.58. The molecule has 1 aromatic carbocycles. The summed E-state index contributed by atoms with van der Waals surface area (Å²) in [5.41, 5.74) is 1.27. The fourth-order valence-corrected chi connectivity index (χ4v) is 2.58. The predicted octanol–water partition coefficient (Wildman–Crippen LogP) is 2.71. The zero-order chi connectivity index (χ0) is 10.9. The molecule has 2 rings (SSSR count). The first kappa shape index (κ1) is 10.6. The van der Waals surface area contributed by atoms with Gasteiger partial charge in [-0.2, -0.15) is 0 Å². The van der Waals surface area contributed by atoms with E-state index in [1.807, 2.05) is 6.07 Å². The summed E-state index contributed by atoms with van der Waals surface area (Å²) in [6.07, 6.45) is 1.11. The van der Waals surface area contributed by atoms with E-state index in [1.165, 1.54) is 6.07 Å². The maximum Gasteiger partial charge on any atom is 0.123 e. The Kier molecular flexibility index (Phi) is 2.79. The summed E-state index contributed by atoms with van der Waals surface area (Å²) < 4.78 is 13.2. The van der Waals surface area contributed by atoms with E-state index in [0.717, 1.165) is 25.1 Å². The molecule has 1 N–H and O–H groups in total. The molecular weight excluding hydrogens is 189 g/mol. The molecule has 0 spiro atoms. The van der Waals surface area contributed by atoms with Crippen LogP contribution in [0.15, 0.2) is 24.3 Å². The summed E-state index contributed by atoms with van der Waals surface area (Å²) in [6.45, 7) is 6.44. The SMILES string of the molecule is CC(C)C1(c2cccc(F)c2)CCNC1. The van der Waals surface area contributed by atoms with Gasteiger partial charge in [0.05, 0.1) is 0 Å². The third-order valence-electron chi connectivity index (χ3n) is 3.69. The van der Waals surface area contributed by atoms with E-state index in [9.17, 15) is 4.39 Å². The number of nitrogens with one attached hydrogen (secondary N) is 1. The van der Waals surface area contributed by atoms with E-state index in [1.54, 1.807) is 6.07 Å². The van der Waals surface area contributed by atoms with Crippen LogP contribution < -0.4 is 5.32 Å². The number of halogens is 1. The smallest absolute Gasteiger partial charge is 0.123 e. The zero-order valence-electron chi connectivity index (χ0n) is 9.39. The van der Waals surface area contributed by atoms with Gasteiger partial charge in [0.15, 0.2) is 0 Å². The standard InChI is InChI=1S/C13H18FN/c1-10(2)13(6-7-15-9-13)11-4-3-5-12(14)8-11/h3-5,8,10,15H,6-7,9H2,1-2H3. The van der Waals surface area contributed by atoms with E-state index in [2.05, 4.69) is 25.2 Å². The van der Waals surface area contributed by atoms with Crippen molar-refractivity contribution in [2.45, 2.75) is 25.7 Å². The van der Waals surface area contributed by atoms with Crippen LogP contribution in [0.3, 0.4) is 0 Å². The van der Waals surface area contributed by atoms with Crippen LogP contribution in [0, 0.1) is 11.7 Å². The van der Waals surface area contributed by atoms with E-state index < -0.39 is 0 Å². The van der Waals surface area contributed by atoms with Crippen LogP contribution >= 0.6 is 0 Å². The Bertz CT molecular complexity index is 340. The lowest BCUT2D eigenvalue weighted by Gasteiger charge is -2.33. The Labute approximate surface area is 90.7 Å². The molecule has 0 amide bonds. The van der Waals surface area contributed by atoms with Crippen LogP contribution in [0.1, 0.15) is 25.8 Å². The Morgan fingerprint density at radius 2 is 2.20 bits per heavy atom. The minimum Gasteiger partial charge on any atom is -0.316 e. The van der Waals surface area contributed by atoms with Gasteiger partial charge in [-0.3, -0.25) is 0 Å². The van der Waals surface area contributed by atoms with Gasteiger partial charge in [-0.1, -0.05) is 26.0 Å². The molecule has 1 aliphatic rings. The van der Waals surface area contributed by atoms with Gasteiger partial charge in [-0.15, -0.1) is 0 Å². The highest BCUT2D eigenvalue weighted by Gasteiger charge is 2.38. The van der Waals surface area contributed by atoms with Gasteiger partial charge in [-0.25, -0.2) is 4.39 Å². The third-order valence-corrected chi connectivity index (χ3v) is 3.69. The first-order chi connectivity index (χ1) is 7.15. The van der Waals surface area contributed by atoms with Crippen molar-refractivity contribution in [3.63, 3.8) is 0 Å². The number of rotatable bonds is 2. The second kappa shape index (κ2) is 3.93.